The van der Waals surface area contributed by atoms with Gasteiger partial charge in [0, 0.05) is 30.1 Å². The number of amides is 1. The Balaban J connectivity index is 1.77. The van der Waals surface area contributed by atoms with Crippen LogP contribution in [-0.2, 0) is 17.1 Å². The summed E-state index contributed by atoms with van der Waals surface area (Å²) >= 11 is 0. The third-order valence-electron chi connectivity index (χ3n) is 3.63. The lowest BCUT2D eigenvalue weighted by Crippen LogP contribution is -2.28. The zero-order valence-electron chi connectivity index (χ0n) is 15.1. The first-order valence-electron chi connectivity index (χ1n) is 8.23. The van der Waals surface area contributed by atoms with Gasteiger partial charge in [-0.1, -0.05) is 0 Å². The summed E-state index contributed by atoms with van der Waals surface area (Å²) in [5, 5.41) is 3.78. The molecule has 0 saturated heterocycles. The SMILES string of the molecule is O=C(/C=C\n1cnc(-c2cc(C(F)(F)F)cc(C(F)(F)F)c2)n1)NNc1ccncn1. The van der Waals surface area contributed by atoms with E-state index in [2.05, 4.69) is 30.9 Å². The Morgan fingerprint density at radius 3 is 2.26 bits per heavy atom. The van der Waals surface area contributed by atoms with Crippen molar-refractivity contribution >= 4 is 17.9 Å². The molecule has 162 valence electrons. The van der Waals surface area contributed by atoms with E-state index < -0.39 is 35.0 Å². The van der Waals surface area contributed by atoms with Crippen molar-refractivity contribution in [2.45, 2.75) is 12.4 Å². The minimum absolute atomic E-state index is 0.00932. The van der Waals surface area contributed by atoms with Gasteiger partial charge in [-0.05, 0) is 18.2 Å². The molecule has 0 aliphatic carbocycles. The van der Waals surface area contributed by atoms with Gasteiger partial charge in [0.2, 0.25) is 0 Å². The van der Waals surface area contributed by atoms with Crippen molar-refractivity contribution in [3.05, 3.63) is 60.3 Å². The number of benzene rings is 1. The van der Waals surface area contributed by atoms with Gasteiger partial charge < -0.3 is 0 Å². The summed E-state index contributed by atoms with van der Waals surface area (Å²) in [6.07, 6.45) is -4.18. The predicted molar refractivity (Wildman–Crippen MR) is 94.6 cm³/mol. The van der Waals surface area contributed by atoms with Crippen molar-refractivity contribution in [2.75, 3.05) is 5.43 Å². The minimum Gasteiger partial charge on any atom is -0.282 e. The summed E-state index contributed by atoms with van der Waals surface area (Å²) in [6.45, 7) is 0. The number of nitrogens with zero attached hydrogens (tertiary/aromatic N) is 5. The number of aromatic nitrogens is 5. The van der Waals surface area contributed by atoms with Crippen LogP contribution in [-0.4, -0.2) is 30.6 Å². The van der Waals surface area contributed by atoms with E-state index in [4.69, 9.17) is 0 Å². The highest BCUT2D eigenvalue weighted by molar-refractivity contribution is 5.90. The quantitative estimate of drug-likeness (QED) is 0.357. The number of hydrogen-bond acceptors (Lipinski definition) is 6. The Labute approximate surface area is 169 Å². The van der Waals surface area contributed by atoms with E-state index in [1.165, 1.54) is 18.6 Å². The number of anilines is 1. The summed E-state index contributed by atoms with van der Waals surface area (Å²) < 4.78 is 78.8. The molecule has 14 heteroatoms. The lowest BCUT2D eigenvalue weighted by atomic mass is 10.0. The third-order valence-corrected chi connectivity index (χ3v) is 3.63. The van der Waals surface area contributed by atoms with Crippen molar-refractivity contribution in [3.63, 3.8) is 0 Å². The van der Waals surface area contributed by atoms with Gasteiger partial charge in [0.15, 0.2) is 5.82 Å². The summed E-state index contributed by atoms with van der Waals surface area (Å²) in [5.41, 5.74) is 1.31. The molecule has 31 heavy (non-hydrogen) atoms. The Kier molecular flexibility index (Phi) is 5.90. The highest BCUT2D eigenvalue weighted by Gasteiger charge is 2.37. The second kappa shape index (κ2) is 8.41. The van der Waals surface area contributed by atoms with Gasteiger partial charge in [-0.15, -0.1) is 5.10 Å². The fourth-order valence-corrected chi connectivity index (χ4v) is 2.24. The van der Waals surface area contributed by atoms with Crippen LogP contribution in [0.5, 0.6) is 0 Å². The predicted octanol–water partition coefficient (Wildman–Crippen LogP) is 3.39. The highest BCUT2D eigenvalue weighted by atomic mass is 19.4. The van der Waals surface area contributed by atoms with Crippen LogP contribution in [0.2, 0.25) is 0 Å². The van der Waals surface area contributed by atoms with Crippen LogP contribution in [0.25, 0.3) is 17.6 Å². The number of rotatable bonds is 5. The molecule has 2 aromatic heterocycles. The summed E-state index contributed by atoms with van der Waals surface area (Å²) in [4.78, 5) is 23.0. The summed E-state index contributed by atoms with van der Waals surface area (Å²) in [6, 6.07) is 2.52. The number of alkyl halides is 6. The van der Waals surface area contributed by atoms with Gasteiger partial charge in [0.25, 0.3) is 5.91 Å². The van der Waals surface area contributed by atoms with Crippen LogP contribution in [0.3, 0.4) is 0 Å². The number of nitrogens with one attached hydrogen (secondary N) is 2. The largest absolute Gasteiger partial charge is 0.416 e. The van der Waals surface area contributed by atoms with E-state index in [9.17, 15) is 31.1 Å². The van der Waals surface area contributed by atoms with Gasteiger partial charge in [-0.25, -0.2) is 19.6 Å². The number of carbonyl (C=O) groups excluding carboxylic acids is 1. The van der Waals surface area contributed by atoms with Crippen molar-refractivity contribution in [2.24, 2.45) is 0 Å². The summed E-state index contributed by atoms with van der Waals surface area (Å²) in [5.74, 6) is -0.723. The van der Waals surface area contributed by atoms with E-state index in [1.807, 2.05) is 0 Å². The fourth-order valence-electron chi connectivity index (χ4n) is 2.24. The lowest BCUT2D eigenvalue weighted by molar-refractivity contribution is -0.143. The highest BCUT2D eigenvalue weighted by Crippen LogP contribution is 2.37. The summed E-state index contributed by atoms with van der Waals surface area (Å²) in [7, 11) is 0. The van der Waals surface area contributed by atoms with Crippen LogP contribution in [0.15, 0.2) is 49.2 Å². The van der Waals surface area contributed by atoms with Gasteiger partial charge >= 0.3 is 12.4 Å². The zero-order chi connectivity index (χ0) is 22.6. The molecule has 0 fully saturated rings. The molecule has 1 aromatic carbocycles. The second-order valence-electron chi connectivity index (χ2n) is 5.87. The standard InChI is InChI=1S/C17H11F6N7O/c18-16(19,20)11-5-10(6-12(7-11)17(21,22)23)15-26-9-30(29-15)4-2-14(31)28-27-13-1-3-24-8-25-13/h1-9H,(H,28,31)(H,24,25,27)/b4-2-. The molecular formula is C17H11F6N7O. The first-order valence-corrected chi connectivity index (χ1v) is 8.23. The van der Waals surface area contributed by atoms with Crippen molar-refractivity contribution in [1.82, 2.24) is 30.2 Å². The van der Waals surface area contributed by atoms with Crippen molar-refractivity contribution < 1.29 is 31.1 Å². The number of hydrogen-bond donors (Lipinski definition) is 2. The molecule has 0 spiro atoms. The van der Waals surface area contributed by atoms with E-state index in [-0.39, 0.29) is 11.9 Å². The molecule has 0 aliphatic rings. The molecule has 0 atom stereocenters. The molecule has 8 nitrogen and oxygen atoms in total. The molecule has 1 amide bonds. The average Bonchev–Trinajstić information content (AvgIpc) is 3.19. The van der Waals surface area contributed by atoms with Crippen LogP contribution in [0.1, 0.15) is 11.1 Å². The van der Waals surface area contributed by atoms with Crippen molar-refractivity contribution in [3.8, 4) is 11.4 Å². The Bertz CT molecular complexity index is 1060. The Morgan fingerprint density at radius 1 is 1.00 bits per heavy atom. The lowest BCUT2D eigenvalue weighted by Gasteiger charge is -2.13. The molecule has 0 aliphatic heterocycles. The smallest absolute Gasteiger partial charge is 0.282 e. The zero-order valence-corrected chi connectivity index (χ0v) is 15.1. The molecule has 0 unspecified atom stereocenters. The van der Waals surface area contributed by atoms with Gasteiger partial charge in [0.05, 0.1) is 11.1 Å². The molecule has 0 radical (unpaired) electrons. The Morgan fingerprint density at radius 2 is 1.68 bits per heavy atom. The minimum atomic E-state index is -4.99. The van der Waals surface area contributed by atoms with Gasteiger partial charge in [0.1, 0.15) is 18.5 Å². The molecule has 0 bridgehead atoms. The van der Waals surface area contributed by atoms with E-state index in [1.54, 1.807) is 0 Å². The normalized spacial score (nSPS) is 12.2. The first-order chi connectivity index (χ1) is 14.5. The molecular weight excluding hydrogens is 432 g/mol. The fraction of sp³-hybridized carbons (Fsp3) is 0.118. The van der Waals surface area contributed by atoms with Crippen LogP contribution >= 0.6 is 0 Å². The molecule has 3 rings (SSSR count). The number of halogens is 6. The topological polar surface area (TPSA) is 97.6 Å². The number of carbonyl (C=O) groups is 1. The molecule has 3 aromatic rings. The Hall–Kier alpha value is -3.97. The maximum atomic E-state index is 13.0. The van der Waals surface area contributed by atoms with Crippen LogP contribution in [0.4, 0.5) is 32.2 Å². The second-order valence-corrected chi connectivity index (χ2v) is 5.87. The van der Waals surface area contributed by atoms with Gasteiger partial charge in [-0.2, -0.15) is 26.3 Å². The number of hydrazine groups is 1. The molecule has 2 heterocycles. The van der Waals surface area contributed by atoms with Crippen molar-refractivity contribution in [1.29, 1.82) is 0 Å². The van der Waals surface area contributed by atoms with E-state index in [0.717, 1.165) is 23.3 Å². The molecule has 0 saturated carbocycles. The third kappa shape index (κ3) is 5.77. The van der Waals surface area contributed by atoms with Crippen LogP contribution < -0.4 is 10.9 Å². The maximum absolute atomic E-state index is 13.0. The first kappa shape index (κ1) is 21.7. The van der Waals surface area contributed by atoms with E-state index >= 15 is 0 Å². The van der Waals surface area contributed by atoms with E-state index in [0.29, 0.717) is 18.0 Å². The van der Waals surface area contributed by atoms with Gasteiger partial charge in [-0.3, -0.25) is 15.6 Å². The maximum Gasteiger partial charge on any atom is 0.416 e. The van der Waals surface area contributed by atoms with Crippen LogP contribution in [0, 0.1) is 0 Å². The molecule has 2 N–H and O–H groups in total. The average molecular weight is 443 g/mol. The monoisotopic (exact) mass is 443 g/mol.